The third-order valence-electron chi connectivity index (χ3n) is 2.44. The molecule has 0 saturated carbocycles. The van der Waals surface area contributed by atoms with Gasteiger partial charge in [-0.2, -0.15) is 5.26 Å². The smallest absolute Gasteiger partial charge is 0.344 e. The molecule has 0 radical (unpaired) electrons. The Labute approximate surface area is 98.5 Å². The molecule has 1 aromatic rings. The second kappa shape index (κ2) is 4.44. The van der Waals surface area contributed by atoms with Gasteiger partial charge in [0.25, 0.3) is 0 Å². The van der Waals surface area contributed by atoms with Crippen molar-refractivity contribution in [3.63, 3.8) is 0 Å². The van der Waals surface area contributed by atoms with Crippen LogP contribution in [0, 0.1) is 18.3 Å². The summed E-state index contributed by atoms with van der Waals surface area (Å²) in [6.45, 7) is 1.90. The van der Waals surface area contributed by atoms with Gasteiger partial charge in [0, 0.05) is 12.7 Å². The fraction of sp³-hybridized carbons (Fsp3) is 0.333. The summed E-state index contributed by atoms with van der Waals surface area (Å²) in [6.07, 6.45) is -0.845. The molecule has 88 valence electrons. The van der Waals surface area contributed by atoms with Crippen molar-refractivity contribution in [3.05, 3.63) is 28.8 Å². The molecular weight excluding hydrogens is 222 g/mol. The minimum atomic E-state index is -0.845. The highest BCUT2D eigenvalue weighted by Gasteiger charge is 2.34. The summed E-state index contributed by atoms with van der Waals surface area (Å²) >= 11 is 0. The van der Waals surface area contributed by atoms with Crippen molar-refractivity contribution in [2.45, 2.75) is 13.0 Å². The highest BCUT2D eigenvalue weighted by atomic mass is 16.7. The van der Waals surface area contributed by atoms with E-state index in [0.717, 1.165) is 5.56 Å². The van der Waals surface area contributed by atoms with Crippen LogP contribution in [0.3, 0.4) is 0 Å². The van der Waals surface area contributed by atoms with Crippen LogP contribution in [-0.4, -0.2) is 19.9 Å². The zero-order valence-electron chi connectivity index (χ0n) is 9.52. The lowest BCUT2D eigenvalue weighted by atomic mass is 10.0. The maximum atomic E-state index is 11.6. The number of ether oxygens (including phenoxy) is 3. The number of fused-ring (bicyclic) bond motifs is 1. The van der Waals surface area contributed by atoms with Crippen LogP contribution >= 0.6 is 0 Å². The first-order chi connectivity index (χ1) is 8.17. The zero-order valence-corrected chi connectivity index (χ0v) is 9.52. The Balaban J connectivity index is 2.49. The Kier molecular flexibility index (Phi) is 2.98. The summed E-state index contributed by atoms with van der Waals surface area (Å²) in [5.74, 6) is -0.137. The summed E-state index contributed by atoms with van der Waals surface area (Å²) in [6, 6.07) is 5.41. The Morgan fingerprint density at radius 1 is 1.53 bits per heavy atom. The van der Waals surface area contributed by atoms with Crippen molar-refractivity contribution in [3.8, 4) is 11.8 Å². The number of aryl methyl sites for hydroxylation is 1. The molecule has 0 fully saturated rings. The maximum Gasteiger partial charge on any atom is 0.344 e. The maximum absolute atomic E-state index is 11.6. The van der Waals surface area contributed by atoms with Crippen molar-refractivity contribution in [2.75, 3.05) is 13.9 Å². The lowest BCUT2D eigenvalue weighted by Gasteiger charge is -2.09. The van der Waals surface area contributed by atoms with Gasteiger partial charge < -0.3 is 14.2 Å². The SMILES string of the molecule is COCOc1cc(C)cc2c1C(=O)OC2C#N. The van der Waals surface area contributed by atoms with E-state index in [9.17, 15) is 4.79 Å². The summed E-state index contributed by atoms with van der Waals surface area (Å²) in [4.78, 5) is 11.6. The number of cyclic esters (lactones) is 1. The molecule has 2 rings (SSSR count). The van der Waals surface area contributed by atoms with Gasteiger partial charge in [0.1, 0.15) is 17.4 Å². The van der Waals surface area contributed by atoms with E-state index in [4.69, 9.17) is 19.5 Å². The lowest BCUT2D eigenvalue weighted by Crippen LogP contribution is -2.04. The average molecular weight is 233 g/mol. The Hall–Kier alpha value is -2.06. The molecule has 0 saturated heterocycles. The molecule has 1 aromatic carbocycles. The molecule has 0 N–H and O–H groups in total. The molecule has 0 spiro atoms. The monoisotopic (exact) mass is 233 g/mol. The second-order valence-corrected chi connectivity index (χ2v) is 3.69. The van der Waals surface area contributed by atoms with Crippen LogP contribution in [0.4, 0.5) is 0 Å². The fourth-order valence-corrected chi connectivity index (χ4v) is 1.77. The van der Waals surface area contributed by atoms with E-state index in [-0.39, 0.29) is 6.79 Å². The van der Waals surface area contributed by atoms with E-state index in [1.807, 2.05) is 13.0 Å². The van der Waals surface area contributed by atoms with Crippen LogP contribution in [0.1, 0.15) is 27.6 Å². The lowest BCUT2D eigenvalue weighted by molar-refractivity contribution is 0.0432. The molecule has 1 heterocycles. The van der Waals surface area contributed by atoms with Gasteiger partial charge in [-0.15, -0.1) is 0 Å². The summed E-state index contributed by atoms with van der Waals surface area (Å²) in [7, 11) is 1.49. The molecule has 17 heavy (non-hydrogen) atoms. The number of hydrogen-bond acceptors (Lipinski definition) is 5. The normalized spacial score (nSPS) is 17.2. The number of rotatable bonds is 3. The van der Waals surface area contributed by atoms with E-state index >= 15 is 0 Å². The van der Waals surface area contributed by atoms with E-state index in [2.05, 4.69) is 0 Å². The number of nitriles is 1. The number of esters is 1. The highest BCUT2D eigenvalue weighted by Crippen LogP contribution is 2.37. The molecule has 0 aromatic heterocycles. The van der Waals surface area contributed by atoms with Crippen LogP contribution in [-0.2, 0) is 9.47 Å². The molecule has 1 unspecified atom stereocenters. The van der Waals surface area contributed by atoms with Crippen LogP contribution < -0.4 is 4.74 Å². The molecule has 1 atom stereocenters. The van der Waals surface area contributed by atoms with Gasteiger partial charge in [-0.1, -0.05) is 6.07 Å². The van der Waals surface area contributed by atoms with Gasteiger partial charge in [0.15, 0.2) is 6.79 Å². The number of carbonyl (C=O) groups is 1. The topological polar surface area (TPSA) is 68.6 Å². The molecule has 5 heteroatoms. The minimum absolute atomic E-state index is 0.0421. The quantitative estimate of drug-likeness (QED) is 0.587. The van der Waals surface area contributed by atoms with E-state index in [0.29, 0.717) is 16.9 Å². The molecule has 0 amide bonds. The number of nitrogens with zero attached hydrogens (tertiary/aromatic N) is 1. The summed E-state index contributed by atoms with van der Waals surface area (Å²) < 4.78 is 15.0. The number of methoxy groups -OCH3 is 1. The van der Waals surface area contributed by atoms with Crippen molar-refractivity contribution >= 4 is 5.97 Å². The summed E-state index contributed by atoms with van der Waals surface area (Å²) in [5.41, 5.74) is 1.77. The van der Waals surface area contributed by atoms with Crippen LogP contribution in [0.2, 0.25) is 0 Å². The van der Waals surface area contributed by atoms with Gasteiger partial charge in [-0.25, -0.2) is 4.79 Å². The largest absolute Gasteiger partial charge is 0.467 e. The summed E-state index contributed by atoms with van der Waals surface area (Å²) in [5, 5.41) is 8.90. The predicted octanol–water partition coefficient (Wildman–Crippen LogP) is 1.71. The van der Waals surface area contributed by atoms with Crippen LogP contribution in [0.15, 0.2) is 12.1 Å². The van der Waals surface area contributed by atoms with Gasteiger partial charge in [0.05, 0.1) is 0 Å². The van der Waals surface area contributed by atoms with Crippen molar-refractivity contribution < 1.29 is 19.0 Å². The molecule has 5 nitrogen and oxygen atoms in total. The molecule has 1 aliphatic rings. The third kappa shape index (κ3) is 1.95. The highest BCUT2D eigenvalue weighted by molar-refractivity contribution is 5.97. The van der Waals surface area contributed by atoms with Crippen molar-refractivity contribution in [1.82, 2.24) is 0 Å². The fourth-order valence-electron chi connectivity index (χ4n) is 1.77. The molecule has 0 aliphatic carbocycles. The first kappa shape index (κ1) is 11.4. The zero-order chi connectivity index (χ0) is 12.4. The van der Waals surface area contributed by atoms with E-state index < -0.39 is 12.1 Å². The predicted molar refractivity (Wildman–Crippen MR) is 57.5 cm³/mol. The Bertz CT molecular complexity index is 504. The number of benzene rings is 1. The van der Waals surface area contributed by atoms with E-state index in [1.54, 1.807) is 12.1 Å². The van der Waals surface area contributed by atoms with Gasteiger partial charge >= 0.3 is 5.97 Å². The first-order valence-corrected chi connectivity index (χ1v) is 5.04. The molecular formula is C12H11NO4. The van der Waals surface area contributed by atoms with E-state index in [1.165, 1.54) is 7.11 Å². The van der Waals surface area contributed by atoms with Crippen LogP contribution in [0.25, 0.3) is 0 Å². The van der Waals surface area contributed by atoms with Crippen molar-refractivity contribution in [1.29, 1.82) is 5.26 Å². The second-order valence-electron chi connectivity index (χ2n) is 3.69. The standard InChI is InChI=1S/C12H11NO4/c1-7-3-8-10(5-13)17-12(14)11(8)9(4-7)16-6-15-2/h3-4,10H,6H2,1-2H3. The van der Waals surface area contributed by atoms with Gasteiger partial charge in [-0.05, 0) is 18.6 Å². The van der Waals surface area contributed by atoms with Crippen molar-refractivity contribution in [2.24, 2.45) is 0 Å². The molecule has 0 bridgehead atoms. The first-order valence-electron chi connectivity index (χ1n) is 5.04. The number of carbonyl (C=O) groups excluding carboxylic acids is 1. The minimum Gasteiger partial charge on any atom is -0.467 e. The van der Waals surface area contributed by atoms with Gasteiger partial charge in [-0.3, -0.25) is 0 Å². The van der Waals surface area contributed by atoms with Crippen LogP contribution in [0.5, 0.6) is 5.75 Å². The Morgan fingerprint density at radius 2 is 2.29 bits per heavy atom. The Morgan fingerprint density at radius 3 is 2.94 bits per heavy atom. The molecule has 1 aliphatic heterocycles. The third-order valence-corrected chi connectivity index (χ3v) is 2.44. The van der Waals surface area contributed by atoms with Gasteiger partial charge in [0.2, 0.25) is 6.10 Å². The number of hydrogen-bond donors (Lipinski definition) is 0. The average Bonchev–Trinajstić information content (AvgIpc) is 2.62.